The van der Waals surface area contributed by atoms with Gasteiger partial charge in [0.25, 0.3) is 0 Å². The maximum atomic E-state index is 12.9. The largest absolute Gasteiger partial charge is 0.338 e. The zero-order chi connectivity index (χ0) is 18.0. The molecule has 10 heteroatoms. The van der Waals surface area contributed by atoms with Crippen molar-refractivity contribution in [3.05, 3.63) is 41.6 Å². The number of pyridine rings is 1. The molecule has 0 spiro atoms. The summed E-state index contributed by atoms with van der Waals surface area (Å²) in [5.41, 5.74) is 1.68. The maximum Gasteiger partial charge on any atom is 0.302 e. The van der Waals surface area contributed by atoms with Crippen molar-refractivity contribution in [3.8, 4) is 0 Å². The summed E-state index contributed by atoms with van der Waals surface area (Å²) >= 11 is 0. The first kappa shape index (κ1) is 17.5. The molecular weight excluding hydrogens is 347 g/mol. The predicted molar refractivity (Wildman–Crippen MR) is 92.0 cm³/mol. The molecule has 3 heterocycles. The first-order chi connectivity index (χ1) is 11.8. The summed E-state index contributed by atoms with van der Waals surface area (Å²) in [4.78, 5) is 13.9. The van der Waals surface area contributed by atoms with E-state index < -0.39 is 16.0 Å². The molecule has 3 rings (SSSR count). The van der Waals surface area contributed by atoms with Crippen molar-refractivity contribution in [2.45, 2.75) is 13.8 Å². The summed E-state index contributed by atoms with van der Waals surface area (Å²) in [6, 6.07) is 3.56. The fourth-order valence-corrected chi connectivity index (χ4v) is 3.83. The van der Waals surface area contributed by atoms with Crippen LogP contribution in [0.1, 0.15) is 11.3 Å². The molecule has 0 atom stereocenters. The zero-order valence-corrected chi connectivity index (χ0v) is 14.8. The Hall–Kier alpha value is -2.33. The van der Waals surface area contributed by atoms with E-state index in [0.29, 0.717) is 24.9 Å². The van der Waals surface area contributed by atoms with Gasteiger partial charge in [0.2, 0.25) is 5.95 Å². The second kappa shape index (κ2) is 6.89. The van der Waals surface area contributed by atoms with Gasteiger partial charge in [0.05, 0.1) is 12.4 Å². The number of nitrogens with zero attached hydrogens (tertiary/aromatic N) is 5. The normalized spacial score (nSPS) is 16.0. The number of hydrogen-bond donors (Lipinski definition) is 1. The predicted octanol–water partition coefficient (Wildman–Crippen LogP) is 1.11. The van der Waals surface area contributed by atoms with Crippen LogP contribution >= 0.6 is 0 Å². The van der Waals surface area contributed by atoms with Gasteiger partial charge in [-0.15, -0.1) is 0 Å². The Morgan fingerprint density at radius 3 is 2.32 bits per heavy atom. The Balaban J connectivity index is 1.65. The zero-order valence-electron chi connectivity index (χ0n) is 14.0. The third kappa shape index (κ3) is 4.20. The summed E-state index contributed by atoms with van der Waals surface area (Å²) in [7, 11) is -3.69. The lowest BCUT2D eigenvalue weighted by Gasteiger charge is -2.33. The molecule has 0 saturated carbocycles. The van der Waals surface area contributed by atoms with Crippen molar-refractivity contribution < 1.29 is 12.8 Å². The van der Waals surface area contributed by atoms with Crippen LogP contribution in [0.3, 0.4) is 0 Å². The van der Waals surface area contributed by atoms with Gasteiger partial charge in [-0.2, -0.15) is 12.7 Å². The smallest absolute Gasteiger partial charge is 0.302 e. The number of rotatable bonds is 4. The monoisotopic (exact) mass is 366 g/mol. The minimum absolute atomic E-state index is 0.279. The number of halogens is 1. The van der Waals surface area contributed by atoms with Gasteiger partial charge < -0.3 is 4.90 Å². The molecule has 2 aromatic heterocycles. The average Bonchev–Trinajstić information content (AvgIpc) is 2.54. The number of anilines is 2. The van der Waals surface area contributed by atoms with Crippen molar-refractivity contribution in [1.29, 1.82) is 0 Å². The van der Waals surface area contributed by atoms with Gasteiger partial charge in [-0.05, 0) is 31.5 Å². The molecule has 0 unspecified atom stereocenters. The molecule has 0 amide bonds. The van der Waals surface area contributed by atoms with Crippen LogP contribution in [-0.2, 0) is 10.2 Å². The lowest BCUT2D eigenvalue weighted by molar-refractivity contribution is 0.385. The molecule has 0 aliphatic carbocycles. The van der Waals surface area contributed by atoms with Gasteiger partial charge in [0, 0.05) is 31.9 Å². The van der Waals surface area contributed by atoms with Gasteiger partial charge in [0.1, 0.15) is 5.82 Å². The van der Waals surface area contributed by atoms with Gasteiger partial charge in [-0.3, -0.25) is 4.72 Å². The Morgan fingerprint density at radius 1 is 1.08 bits per heavy atom. The Labute approximate surface area is 145 Å². The van der Waals surface area contributed by atoms with Crippen LogP contribution in [0.15, 0.2) is 24.5 Å². The van der Waals surface area contributed by atoms with Crippen molar-refractivity contribution in [3.63, 3.8) is 0 Å². The molecule has 134 valence electrons. The Bertz CT molecular complexity index is 831. The molecule has 1 fully saturated rings. The molecular formula is C15H19FN6O2S. The lowest BCUT2D eigenvalue weighted by atomic mass is 10.2. The minimum atomic E-state index is -3.69. The van der Waals surface area contributed by atoms with E-state index in [-0.39, 0.29) is 13.1 Å². The average molecular weight is 366 g/mol. The second-order valence-electron chi connectivity index (χ2n) is 5.87. The molecule has 2 aromatic rings. The van der Waals surface area contributed by atoms with E-state index in [4.69, 9.17) is 0 Å². The molecule has 0 radical (unpaired) electrons. The number of piperazine rings is 1. The Kier molecular flexibility index (Phi) is 4.82. The topological polar surface area (TPSA) is 91.3 Å². The molecule has 1 aliphatic rings. The summed E-state index contributed by atoms with van der Waals surface area (Å²) in [6.07, 6.45) is 2.19. The van der Waals surface area contributed by atoms with Gasteiger partial charge in [0.15, 0.2) is 5.82 Å². The number of hydrogen-bond acceptors (Lipinski definition) is 6. The standard InChI is InChI=1S/C15H19FN6O2S/c1-11-7-12(2)19-14(8-11)20-25(23,24)22-5-3-21(4-6-22)15-17-9-13(16)10-18-15/h7-10H,3-6H2,1-2H3,(H,19,20). The SMILES string of the molecule is Cc1cc(C)nc(NS(=O)(=O)N2CCN(c3ncc(F)cn3)CC2)c1. The summed E-state index contributed by atoms with van der Waals surface area (Å²) in [5.74, 6) is 0.194. The first-order valence-corrected chi connectivity index (χ1v) is 9.23. The van der Waals surface area contributed by atoms with Crippen LogP contribution in [0.2, 0.25) is 0 Å². The maximum absolute atomic E-state index is 12.9. The van der Waals surface area contributed by atoms with Crippen LogP contribution in [0.25, 0.3) is 0 Å². The number of nitrogens with one attached hydrogen (secondary N) is 1. The highest BCUT2D eigenvalue weighted by atomic mass is 32.2. The van der Waals surface area contributed by atoms with Crippen LogP contribution in [0, 0.1) is 19.7 Å². The molecule has 8 nitrogen and oxygen atoms in total. The summed E-state index contributed by atoms with van der Waals surface area (Å²) in [6.45, 7) is 5.10. The fourth-order valence-electron chi connectivity index (χ4n) is 2.69. The quantitative estimate of drug-likeness (QED) is 0.872. The molecule has 0 aromatic carbocycles. The fraction of sp³-hybridized carbons (Fsp3) is 0.400. The highest BCUT2D eigenvalue weighted by molar-refractivity contribution is 7.90. The highest BCUT2D eigenvalue weighted by Gasteiger charge is 2.28. The van der Waals surface area contributed by atoms with E-state index in [1.807, 2.05) is 24.8 Å². The van der Waals surface area contributed by atoms with Crippen LogP contribution in [0.5, 0.6) is 0 Å². The lowest BCUT2D eigenvalue weighted by Crippen LogP contribution is -2.50. The van der Waals surface area contributed by atoms with Crippen LogP contribution < -0.4 is 9.62 Å². The van der Waals surface area contributed by atoms with E-state index in [1.165, 1.54) is 4.31 Å². The van der Waals surface area contributed by atoms with Gasteiger partial charge in [-0.25, -0.2) is 19.3 Å². The molecule has 1 N–H and O–H groups in total. The first-order valence-electron chi connectivity index (χ1n) is 7.79. The van der Waals surface area contributed by atoms with Crippen molar-refractivity contribution in [1.82, 2.24) is 19.3 Å². The number of aromatic nitrogens is 3. The van der Waals surface area contributed by atoms with E-state index in [9.17, 15) is 12.8 Å². The minimum Gasteiger partial charge on any atom is -0.338 e. The van der Waals surface area contributed by atoms with Crippen LogP contribution in [-0.4, -0.2) is 53.9 Å². The summed E-state index contributed by atoms with van der Waals surface area (Å²) < 4.78 is 41.8. The van der Waals surface area contributed by atoms with Crippen molar-refractivity contribution in [2.75, 3.05) is 35.8 Å². The Morgan fingerprint density at radius 2 is 1.72 bits per heavy atom. The third-order valence-corrected chi connectivity index (χ3v) is 5.31. The van der Waals surface area contributed by atoms with E-state index >= 15 is 0 Å². The molecule has 1 saturated heterocycles. The van der Waals surface area contributed by atoms with E-state index in [0.717, 1.165) is 23.7 Å². The van der Waals surface area contributed by atoms with Crippen molar-refractivity contribution in [2.24, 2.45) is 0 Å². The van der Waals surface area contributed by atoms with Crippen LogP contribution in [0.4, 0.5) is 16.2 Å². The molecule has 0 bridgehead atoms. The van der Waals surface area contributed by atoms with Crippen molar-refractivity contribution >= 4 is 22.0 Å². The molecule has 1 aliphatic heterocycles. The van der Waals surface area contributed by atoms with Gasteiger partial charge >= 0.3 is 10.2 Å². The second-order valence-corrected chi connectivity index (χ2v) is 7.54. The van der Waals surface area contributed by atoms with E-state index in [2.05, 4.69) is 19.7 Å². The summed E-state index contributed by atoms with van der Waals surface area (Å²) in [5, 5.41) is 0. The van der Waals surface area contributed by atoms with Gasteiger partial charge in [-0.1, -0.05) is 0 Å². The molecule has 25 heavy (non-hydrogen) atoms. The highest BCUT2D eigenvalue weighted by Crippen LogP contribution is 2.16. The van der Waals surface area contributed by atoms with E-state index in [1.54, 1.807) is 6.07 Å². The third-order valence-electron chi connectivity index (χ3n) is 3.80. The number of aryl methyl sites for hydroxylation is 2.